The highest BCUT2D eigenvalue weighted by atomic mass is 16.3. The minimum absolute atomic E-state index is 0.572. The molecule has 6 aromatic heterocycles. The van der Waals surface area contributed by atoms with Crippen LogP contribution in [0.5, 0.6) is 0 Å². The zero-order chi connectivity index (χ0) is 30.6. The van der Waals surface area contributed by atoms with Gasteiger partial charge in [-0.05, 0) is 30.3 Å². The van der Waals surface area contributed by atoms with Crippen LogP contribution in [0.3, 0.4) is 0 Å². The van der Waals surface area contributed by atoms with E-state index in [0.29, 0.717) is 17.6 Å². The van der Waals surface area contributed by atoms with E-state index < -0.39 is 0 Å². The summed E-state index contributed by atoms with van der Waals surface area (Å²) in [6, 6.07) is 48.2. The first-order chi connectivity index (χ1) is 23.3. The molecule has 0 atom stereocenters. The van der Waals surface area contributed by atoms with Gasteiger partial charge in [0, 0.05) is 43.4 Å². The molecule has 0 N–H and O–H groups in total. The van der Waals surface area contributed by atoms with Gasteiger partial charge < -0.3 is 8.82 Å². The molecule has 0 bridgehead atoms. The van der Waals surface area contributed by atoms with Gasteiger partial charge in [-0.3, -0.25) is 4.57 Å². The normalized spacial score (nSPS) is 12.3. The second-order valence-electron chi connectivity index (χ2n) is 12.0. The zero-order valence-electron chi connectivity index (χ0n) is 24.9. The fourth-order valence-electron chi connectivity index (χ4n) is 7.62. The van der Waals surface area contributed by atoms with Crippen molar-refractivity contribution >= 4 is 71.1 Å². The molecule has 6 heterocycles. The third-order valence-corrected chi connectivity index (χ3v) is 9.52. The van der Waals surface area contributed by atoms with Crippen LogP contribution >= 0.6 is 0 Å². The number of rotatable bonds is 3. The van der Waals surface area contributed by atoms with Crippen molar-refractivity contribution in [3.8, 4) is 28.7 Å². The molecule has 11 aromatic rings. The number of hydrogen-bond acceptors (Lipinski definition) is 4. The van der Waals surface area contributed by atoms with Gasteiger partial charge in [0.2, 0.25) is 5.95 Å². The van der Waals surface area contributed by atoms with Crippen molar-refractivity contribution < 1.29 is 4.42 Å². The van der Waals surface area contributed by atoms with Crippen molar-refractivity contribution in [3.05, 3.63) is 140 Å². The summed E-state index contributed by atoms with van der Waals surface area (Å²) in [6.07, 6.45) is 0. The van der Waals surface area contributed by atoms with E-state index >= 15 is 0 Å². The van der Waals surface area contributed by atoms with Crippen LogP contribution in [0.1, 0.15) is 0 Å². The molecule has 0 spiro atoms. The van der Waals surface area contributed by atoms with Crippen LogP contribution in [0.2, 0.25) is 0 Å². The molecular formula is C41H23N5O. The Bertz CT molecular complexity index is 3020. The van der Waals surface area contributed by atoms with E-state index in [9.17, 15) is 0 Å². The largest absolute Gasteiger partial charge is 0.456 e. The van der Waals surface area contributed by atoms with Gasteiger partial charge in [0.1, 0.15) is 11.2 Å². The monoisotopic (exact) mass is 601 g/mol. The standard InChI is InChI=1S/C41H23N5O/c1-2-12-24(13-3-1)39-42-40(29-18-10-23-34-35(29)28-17-7-9-22-33(28)47-34)44-41(43-39)46-31-19-8-6-16-27(31)36-37-26-15-5-4-14-25(26)30-20-11-21-32(38(36)46)45(30)37/h1-23H. The van der Waals surface area contributed by atoms with Crippen LogP contribution in [-0.2, 0) is 0 Å². The smallest absolute Gasteiger partial charge is 0.238 e. The summed E-state index contributed by atoms with van der Waals surface area (Å²) in [5, 5.41) is 6.88. The molecule has 0 fully saturated rings. The Balaban J connectivity index is 1.30. The minimum Gasteiger partial charge on any atom is -0.456 e. The summed E-state index contributed by atoms with van der Waals surface area (Å²) in [5.74, 6) is 1.78. The van der Waals surface area contributed by atoms with E-state index in [4.69, 9.17) is 19.4 Å². The molecule has 0 saturated carbocycles. The molecular weight excluding hydrogens is 578 g/mol. The van der Waals surface area contributed by atoms with Gasteiger partial charge in [-0.15, -0.1) is 0 Å². The second kappa shape index (κ2) is 9.02. The Hall–Kier alpha value is -6.53. The predicted molar refractivity (Wildman–Crippen MR) is 189 cm³/mol. The average molecular weight is 602 g/mol. The summed E-state index contributed by atoms with van der Waals surface area (Å²) in [5.41, 5.74) is 9.12. The number of fused-ring (bicyclic) bond motifs is 11. The zero-order valence-corrected chi connectivity index (χ0v) is 24.9. The molecule has 218 valence electrons. The first-order valence-corrected chi connectivity index (χ1v) is 15.7. The molecule has 5 aromatic carbocycles. The van der Waals surface area contributed by atoms with Crippen LogP contribution < -0.4 is 0 Å². The highest BCUT2D eigenvalue weighted by Crippen LogP contribution is 2.44. The molecule has 47 heavy (non-hydrogen) atoms. The summed E-state index contributed by atoms with van der Waals surface area (Å²) >= 11 is 0. The van der Waals surface area contributed by atoms with E-state index in [-0.39, 0.29) is 0 Å². The van der Waals surface area contributed by atoms with Gasteiger partial charge in [0.05, 0.1) is 27.6 Å². The van der Waals surface area contributed by atoms with Crippen LogP contribution in [0.25, 0.3) is 99.8 Å². The maximum atomic E-state index is 6.27. The van der Waals surface area contributed by atoms with Crippen molar-refractivity contribution in [1.29, 1.82) is 0 Å². The lowest BCUT2D eigenvalue weighted by Crippen LogP contribution is -2.06. The first kappa shape index (κ1) is 24.8. The lowest BCUT2D eigenvalue weighted by atomic mass is 10.1. The van der Waals surface area contributed by atoms with E-state index in [2.05, 4.69) is 87.8 Å². The lowest BCUT2D eigenvalue weighted by Gasteiger charge is -2.11. The molecule has 6 nitrogen and oxygen atoms in total. The number of pyridine rings is 1. The van der Waals surface area contributed by atoms with Crippen molar-refractivity contribution in [2.75, 3.05) is 0 Å². The summed E-state index contributed by atoms with van der Waals surface area (Å²) < 4.78 is 10.9. The van der Waals surface area contributed by atoms with E-state index in [0.717, 1.165) is 55.0 Å². The SMILES string of the molecule is c1ccc(-c2nc(-c3cccc4oc5ccccc5c34)nc(-n3c4ccccc4c4c3c3cccc5c6ccccc6c4n53)n2)cc1. The highest BCUT2D eigenvalue weighted by Gasteiger charge is 2.26. The second-order valence-corrected chi connectivity index (χ2v) is 12.0. The van der Waals surface area contributed by atoms with Crippen molar-refractivity contribution in [2.24, 2.45) is 0 Å². The number of nitrogens with zero attached hydrogens (tertiary/aromatic N) is 5. The van der Waals surface area contributed by atoms with Gasteiger partial charge in [0.15, 0.2) is 11.6 Å². The maximum absolute atomic E-state index is 6.27. The quantitative estimate of drug-likeness (QED) is 0.202. The van der Waals surface area contributed by atoms with Gasteiger partial charge in [0.25, 0.3) is 0 Å². The molecule has 11 rings (SSSR count). The van der Waals surface area contributed by atoms with Crippen molar-refractivity contribution in [2.45, 2.75) is 0 Å². The number of aromatic nitrogens is 5. The molecule has 0 amide bonds. The Morgan fingerprint density at radius 2 is 1.09 bits per heavy atom. The molecule has 0 aliphatic carbocycles. The third kappa shape index (κ3) is 3.26. The lowest BCUT2D eigenvalue weighted by molar-refractivity contribution is 0.669. The topological polar surface area (TPSA) is 61.2 Å². The van der Waals surface area contributed by atoms with Gasteiger partial charge in [-0.25, -0.2) is 4.98 Å². The molecule has 0 radical (unpaired) electrons. The molecule has 0 saturated heterocycles. The fourth-order valence-corrected chi connectivity index (χ4v) is 7.62. The van der Waals surface area contributed by atoms with E-state index in [1.807, 2.05) is 60.7 Å². The van der Waals surface area contributed by atoms with Crippen LogP contribution in [0.15, 0.2) is 144 Å². The Morgan fingerprint density at radius 1 is 0.426 bits per heavy atom. The Kier molecular flexibility index (Phi) is 4.75. The van der Waals surface area contributed by atoms with E-state index in [1.54, 1.807) is 0 Å². The summed E-state index contributed by atoms with van der Waals surface area (Å²) in [4.78, 5) is 15.6. The van der Waals surface area contributed by atoms with Crippen molar-refractivity contribution in [1.82, 2.24) is 23.9 Å². The molecule has 0 aliphatic heterocycles. The summed E-state index contributed by atoms with van der Waals surface area (Å²) in [6.45, 7) is 0. The van der Waals surface area contributed by atoms with Gasteiger partial charge >= 0.3 is 0 Å². The number of benzene rings is 5. The van der Waals surface area contributed by atoms with Crippen LogP contribution in [0.4, 0.5) is 0 Å². The minimum atomic E-state index is 0.572. The number of para-hydroxylation sites is 2. The van der Waals surface area contributed by atoms with Crippen molar-refractivity contribution in [3.63, 3.8) is 0 Å². The first-order valence-electron chi connectivity index (χ1n) is 15.7. The Morgan fingerprint density at radius 3 is 1.98 bits per heavy atom. The van der Waals surface area contributed by atoms with Crippen LogP contribution in [-0.4, -0.2) is 23.9 Å². The number of hydrogen-bond donors (Lipinski definition) is 0. The average Bonchev–Trinajstić information content (AvgIpc) is 3.87. The van der Waals surface area contributed by atoms with E-state index in [1.165, 1.54) is 27.2 Å². The summed E-state index contributed by atoms with van der Waals surface area (Å²) in [7, 11) is 0. The van der Waals surface area contributed by atoms with Gasteiger partial charge in [-0.2, -0.15) is 9.97 Å². The predicted octanol–water partition coefficient (Wildman–Crippen LogP) is 10.2. The maximum Gasteiger partial charge on any atom is 0.238 e. The fraction of sp³-hybridized carbons (Fsp3) is 0. The molecule has 6 heteroatoms. The third-order valence-electron chi connectivity index (χ3n) is 9.52. The number of furan rings is 1. The highest BCUT2D eigenvalue weighted by molar-refractivity contribution is 6.30. The van der Waals surface area contributed by atoms with Gasteiger partial charge in [-0.1, -0.05) is 109 Å². The molecule has 0 unspecified atom stereocenters. The van der Waals surface area contributed by atoms with Crippen LogP contribution in [0, 0.1) is 0 Å². The Labute approximate surface area is 267 Å². The molecule has 0 aliphatic rings.